The van der Waals surface area contributed by atoms with E-state index in [4.69, 9.17) is 27.9 Å². The number of aliphatic hydroxyl groups is 1. The van der Waals surface area contributed by atoms with Gasteiger partial charge in [-0.25, -0.2) is 0 Å². The molecule has 29 heavy (non-hydrogen) atoms. The van der Waals surface area contributed by atoms with Crippen molar-refractivity contribution < 1.29 is 9.84 Å². The number of hydrogen-bond donors (Lipinski definition) is 3. The van der Waals surface area contributed by atoms with E-state index < -0.39 is 6.10 Å². The van der Waals surface area contributed by atoms with Gasteiger partial charge < -0.3 is 20.5 Å². The number of aliphatic hydroxyl groups excluding tert-OH is 1. The van der Waals surface area contributed by atoms with Crippen LogP contribution in [0, 0.1) is 0 Å². The van der Waals surface area contributed by atoms with E-state index in [2.05, 4.69) is 27.1 Å². The Kier molecular flexibility index (Phi) is 13.0. The number of likely N-dealkylation sites (tertiary alicyclic amines) is 1. The zero-order valence-electron chi connectivity index (χ0n) is 16.7. The lowest BCUT2D eigenvalue weighted by Gasteiger charge is -2.32. The summed E-state index contributed by atoms with van der Waals surface area (Å²) in [5.74, 6) is 1.16. The largest absolute Gasteiger partial charge is 0.489 e. The first-order chi connectivity index (χ1) is 13.5. The normalized spacial score (nSPS) is 16.6. The van der Waals surface area contributed by atoms with Crippen molar-refractivity contribution in [2.45, 2.75) is 31.9 Å². The van der Waals surface area contributed by atoms with Crippen LogP contribution in [0.1, 0.15) is 19.8 Å². The highest BCUT2D eigenvalue weighted by atomic mass is 127. The summed E-state index contributed by atoms with van der Waals surface area (Å²) in [6.07, 6.45) is 3.30. The van der Waals surface area contributed by atoms with Gasteiger partial charge in [0.15, 0.2) is 5.96 Å². The van der Waals surface area contributed by atoms with Gasteiger partial charge in [0, 0.05) is 32.2 Å². The van der Waals surface area contributed by atoms with Crippen LogP contribution in [0.15, 0.2) is 35.8 Å². The van der Waals surface area contributed by atoms with E-state index in [9.17, 15) is 5.11 Å². The molecule has 1 atom stereocenters. The van der Waals surface area contributed by atoms with Gasteiger partial charge in [0.25, 0.3) is 0 Å². The molecule has 0 aromatic heterocycles. The van der Waals surface area contributed by atoms with Crippen molar-refractivity contribution >= 4 is 53.1 Å². The summed E-state index contributed by atoms with van der Waals surface area (Å²) in [7, 11) is 0. The molecule has 0 bridgehead atoms. The van der Waals surface area contributed by atoms with Gasteiger partial charge in [0.2, 0.25) is 0 Å². The van der Waals surface area contributed by atoms with Crippen LogP contribution in [0.3, 0.4) is 0 Å². The van der Waals surface area contributed by atoms with Crippen LogP contribution >= 0.6 is 47.2 Å². The zero-order chi connectivity index (χ0) is 20.4. The van der Waals surface area contributed by atoms with Gasteiger partial charge in [0.05, 0.1) is 11.6 Å². The van der Waals surface area contributed by atoms with E-state index in [0.717, 1.165) is 39.0 Å². The average molecular weight is 557 g/mol. The molecule has 0 saturated carbocycles. The third-order valence-corrected chi connectivity index (χ3v) is 5.27. The second-order valence-corrected chi connectivity index (χ2v) is 7.53. The summed E-state index contributed by atoms with van der Waals surface area (Å²) < 4.78 is 5.57. The third-order valence-electron chi connectivity index (χ3n) is 4.47. The Hall–Kier alpha value is -0.740. The van der Waals surface area contributed by atoms with Crippen LogP contribution in [0.4, 0.5) is 0 Å². The Bertz CT molecular complexity index is 655. The van der Waals surface area contributed by atoms with Crippen LogP contribution in [0.25, 0.3) is 0 Å². The minimum atomic E-state index is -0.750. The van der Waals surface area contributed by atoms with Crippen LogP contribution in [0.2, 0.25) is 10.0 Å². The second kappa shape index (κ2) is 14.3. The van der Waals surface area contributed by atoms with Gasteiger partial charge >= 0.3 is 0 Å². The first-order valence-electron chi connectivity index (χ1n) is 9.66. The maximum Gasteiger partial charge on any atom is 0.191 e. The van der Waals surface area contributed by atoms with E-state index in [-0.39, 0.29) is 37.1 Å². The Balaban J connectivity index is 0.00000420. The lowest BCUT2D eigenvalue weighted by molar-refractivity contribution is 0.114. The van der Waals surface area contributed by atoms with Crippen LogP contribution in [-0.4, -0.2) is 67.4 Å². The number of nitrogens with zero attached hydrogens (tertiary/aromatic N) is 2. The Morgan fingerprint density at radius 1 is 1.41 bits per heavy atom. The van der Waals surface area contributed by atoms with Gasteiger partial charge in [-0.05, 0) is 31.9 Å². The number of benzene rings is 1. The van der Waals surface area contributed by atoms with E-state index in [1.54, 1.807) is 18.2 Å². The first kappa shape index (κ1) is 26.3. The number of aliphatic imine (C=N–C) groups is 1. The molecule has 3 N–H and O–H groups in total. The molecule has 0 amide bonds. The highest BCUT2D eigenvalue weighted by Crippen LogP contribution is 2.31. The lowest BCUT2D eigenvalue weighted by atomic mass is 10.1. The molecule has 1 aromatic rings. The van der Waals surface area contributed by atoms with Crippen LogP contribution in [-0.2, 0) is 0 Å². The predicted molar refractivity (Wildman–Crippen MR) is 132 cm³/mol. The Morgan fingerprint density at radius 2 is 2.14 bits per heavy atom. The number of piperidine rings is 1. The molecular weight excluding hydrogens is 526 g/mol. The summed E-state index contributed by atoms with van der Waals surface area (Å²) in [6.45, 7) is 9.90. The van der Waals surface area contributed by atoms with Crippen molar-refractivity contribution in [2.24, 2.45) is 4.99 Å². The quantitative estimate of drug-likeness (QED) is 0.188. The van der Waals surface area contributed by atoms with E-state index in [1.165, 1.54) is 0 Å². The molecule has 1 fully saturated rings. The number of halogens is 3. The monoisotopic (exact) mass is 556 g/mol. The zero-order valence-corrected chi connectivity index (χ0v) is 20.6. The Labute approximate surface area is 200 Å². The number of hydrogen-bond acceptors (Lipinski definition) is 4. The van der Waals surface area contributed by atoms with E-state index in [0.29, 0.717) is 27.8 Å². The molecule has 0 radical (unpaired) electrons. The SMILES string of the molecule is C=CCN1CCC(NC(=NCC(O)COc2cccc(Cl)c2Cl)NCC)CC1.I. The minimum Gasteiger partial charge on any atom is -0.489 e. The van der Waals surface area contributed by atoms with Gasteiger partial charge in [-0.1, -0.05) is 35.3 Å². The molecule has 6 nitrogen and oxygen atoms in total. The fourth-order valence-corrected chi connectivity index (χ4v) is 3.33. The maximum atomic E-state index is 10.2. The van der Waals surface area contributed by atoms with Crippen molar-refractivity contribution in [2.75, 3.05) is 39.3 Å². The molecule has 0 aliphatic carbocycles. The molecule has 1 saturated heterocycles. The van der Waals surface area contributed by atoms with E-state index in [1.807, 2.05) is 13.0 Å². The molecule has 9 heteroatoms. The minimum absolute atomic E-state index is 0. The van der Waals surface area contributed by atoms with Crippen molar-refractivity contribution in [3.63, 3.8) is 0 Å². The maximum absolute atomic E-state index is 10.2. The summed E-state index contributed by atoms with van der Waals surface area (Å²) >= 11 is 12.1. The summed E-state index contributed by atoms with van der Waals surface area (Å²) in [5.41, 5.74) is 0. The van der Waals surface area contributed by atoms with Crippen molar-refractivity contribution in [3.05, 3.63) is 40.9 Å². The average Bonchev–Trinajstić information content (AvgIpc) is 2.69. The molecule has 0 spiro atoms. The summed E-state index contributed by atoms with van der Waals surface area (Å²) in [6, 6.07) is 5.53. The molecule has 1 unspecified atom stereocenters. The first-order valence-corrected chi connectivity index (χ1v) is 10.4. The molecular formula is C20H31Cl2IN4O2. The van der Waals surface area contributed by atoms with Crippen molar-refractivity contribution in [1.29, 1.82) is 0 Å². The number of rotatable bonds is 9. The summed E-state index contributed by atoms with van der Waals surface area (Å²) in [4.78, 5) is 6.88. The van der Waals surface area contributed by atoms with E-state index >= 15 is 0 Å². The summed E-state index contributed by atoms with van der Waals surface area (Å²) in [5, 5.41) is 17.7. The predicted octanol–water partition coefficient (Wildman–Crippen LogP) is 3.56. The highest BCUT2D eigenvalue weighted by Gasteiger charge is 2.19. The van der Waals surface area contributed by atoms with Gasteiger partial charge in [0.1, 0.15) is 23.5 Å². The number of ether oxygens (including phenoxy) is 1. The lowest BCUT2D eigenvalue weighted by Crippen LogP contribution is -2.49. The second-order valence-electron chi connectivity index (χ2n) is 6.74. The standard InChI is InChI=1S/C20H30Cl2N4O2.HI/c1-3-10-26-11-8-15(9-12-26)25-20(23-4-2)24-13-16(27)14-28-18-7-5-6-17(21)19(18)22;/h3,5-7,15-16,27H,1,4,8-14H2,2H3,(H2,23,24,25);1H. The Morgan fingerprint density at radius 3 is 2.79 bits per heavy atom. The molecule has 1 aliphatic heterocycles. The van der Waals surface area contributed by atoms with Gasteiger partial charge in [-0.3, -0.25) is 9.89 Å². The third kappa shape index (κ3) is 9.29. The molecule has 1 heterocycles. The number of nitrogens with one attached hydrogen (secondary N) is 2. The fourth-order valence-electron chi connectivity index (χ4n) is 2.99. The number of guanidine groups is 1. The van der Waals surface area contributed by atoms with Crippen molar-refractivity contribution in [1.82, 2.24) is 15.5 Å². The topological polar surface area (TPSA) is 69.1 Å². The smallest absolute Gasteiger partial charge is 0.191 e. The molecule has 2 rings (SSSR count). The fraction of sp³-hybridized carbons (Fsp3) is 0.550. The van der Waals surface area contributed by atoms with Gasteiger partial charge in [-0.15, -0.1) is 30.6 Å². The molecule has 1 aromatic carbocycles. The van der Waals surface area contributed by atoms with Crippen LogP contribution < -0.4 is 15.4 Å². The molecule has 1 aliphatic rings. The van der Waals surface area contributed by atoms with Crippen LogP contribution in [0.5, 0.6) is 5.75 Å². The van der Waals surface area contributed by atoms with Gasteiger partial charge in [-0.2, -0.15) is 0 Å². The highest BCUT2D eigenvalue weighted by molar-refractivity contribution is 14.0. The van der Waals surface area contributed by atoms with Crippen molar-refractivity contribution in [3.8, 4) is 5.75 Å². The molecule has 164 valence electrons.